The minimum Gasteiger partial charge on any atom is -0.494 e. The maximum atomic E-state index is 12.7. The molecular formula is C26H27N3O5S. The van der Waals surface area contributed by atoms with Crippen LogP contribution in [0.3, 0.4) is 0 Å². The maximum absolute atomic E-state index is 12.7. The van der Waals surface area contributed by atoms with Gasteiger partial charge in [0.05, 0.1) is 31.2 Å². The zero-order chi connectivity index (χ0) is 25.5. The van der Waals surface area contributed by atoms with Crippen molar-refractivity contribution in [3.63, 3.8) is 0 Å². The van der Waals surface area contributed by atoms with E-state index >= 15 is 0 Å². The second kappa shape index (κ2) is 8.81. The van der Waals surface area contributed by atoms with Gasteiger partial charge in [0, 0.05) is 28.4 Å². The molecule has 1 N–H and O–H groups in total. The molecule has 0 fully saturated rings. The lowest BCUT2D eigenvalue weighted by Gasteiger charge is -2.28. The number of pyridine rings is 1. The summed E-state index contributed by atoms with van der Waals surface area (Å²) in [5.41, 5.74) is 3.68. The summed E-state index contributed by atoms with van der Waals surface area (Å²) in [6.07, 6.45) is 3.82. The fourth-order valence-electron chi connectivity index (χ4n) is 4.04. The Labute approximate surface area is 204 Å². The number of anilines is 2. The van der Waals surface area contributed by atoms with Gasteiger partial charge in [0.25, 0.3) is 0 Å². The fourth-order valence-corrected chi connectivity index (χ4v) is 4.61. The third-order valence-electron chi connectivity index (χ3n) is 5.67. The molecule has 0 unspecified atom stereocenters. The summed E-state index contributed by atoms with van der Waals surface area (Å²) in [5, 5.41) is 0.710. The van der Waals surface area contributed by atoms with Crippen LogP contribution < -0.4 is 14.4 Å². The first-order chi connectivity index (χ1) is 16.4. The summed E-state index contributed by atoms with van der Waals surface area (Å²) in [7, 11) is -1.78. The van der Waals surface area contributed by atoms with Gasteiger partial charge in [-0.05, 0) is 41.8 Å². The number of nitrogens with zero attached hydrogens (tertiary/aromatic N) is 2. The van der Waals surface area contributed by atoms with Gasteiger partial charge in [-0.3, -0.25) is 19.2 Å². The Bertz CT molecular complexity index is 1470. The number of fused-ring (bicyclic) bond motifs is 1. The Morgan fingerprint density at radius 2 is 1.74 bits per heavy atom. The quantitative estimate of drug-likeness (QED) is 0.528. The molecule has 2 heterocycles. The predicted octanol–water partition coefficient (Wildman–Crippen LogP) is 4.40. The number of benzene rings is 2. The van der Waals surface area contributed by atoms with Gasteiger partial charge in [0.2, 0.25) is 15.9 Å². The Morgan fingerprint density at radius 1 is 1.06 bits per heavy atom. The monoisotopic (exact) mass is 493 g/mol. The summed E-state index contributed by atoms with van der Waals surface area (Å²) in [6.45, 7) is 6.15. The molecule has 2 aromatic carbocycles. The lowest BCUT2D eigenvalue weighted by molar-refractivity contribution is -0.124. The number of aromatic nitrogens is 1. The number of hydrogen-bond donors (Lipinski definition) is 1. The average Bonchev–Trinajstić information content (AvgIpc) is 2.76. The van der Waals surface area contributed by atoms with Crippen LogP contribution in [-0.2, 0) is 25.0 Å². The minimum atomic E-state index is -3.38. The Kier molecular flexibility index (Phi) is 6.14. The first-order valence-electron chi connectivity index (χ1n) is 11.0. The molecule has 3 aromatic rings. The van der Waals surface area contributed by atoms with E-state index in [-0.39, 0.29) is 23.5 Å². The SMILES string of the molecule is COc1c(C(C)(C)C)cc(N2C=CC(=O)CC2=O)c2ccc(-c3ccc(NS(C)(=O)=O)cc3)nc12. The summed E-state index contributed by atoms with van der Waals surface area (Å²) in [5.74, 6) is 0.0779. The summed E-state index contributed by atoms with van der Waals surface area (Å²) in [6, 6.07) is 12.5. The highest BCUT2D eigenvalue weighted by atomic mass is 32.2. The Balaban J connectivity index is 1.91. The van der Waals surface area contributed by atoms with Gasteiger partial charge < -0.3 is 4.74 Å². The van der Waals surface area contributed by atoms with Crippen molar-refractivity contribution in [3.8, 4) is 17.0 Å². The number of methoxy groups -OCH3 is 1. The van der Waals surface area contributed by atoms with Crippen molar-refractivity contribution < 1.29 is 22.7 Å². The van der Waals surface area contributed by atoms with Crippen LogP contribution in [0.1, 0.15) is 32.8 Å². The van der Waals surface area contributed by atoms with E-state index in [0.29, 0.717) is 33.7 Å². The summed E-state index contributed by atoms with van der Waals surface area (Å²) < 4.78 is 31.3. The number of ketones is 1. The highest BCUT2D eigenvalue weighted by Gasteiger charge is 2.28. The second-order valence-electron chi connectivity index (χ2n) is 9.49. The molecule has 9 heteroatoms. The van der Waals surface area contributed by atoms with Gasteiger partial charge in [-0.2, -0.15) is 0 Å². The number of carbonyl (C=O) groups excluding carboxylic acids is 2. The normalized spacial score (nSPS) is 14.5. The van der Waals surface area contributed by atoms with Crippen molar-refractivity contribution in [1.82, 2.24) is 4.98 Å². The van der Waals surface area contributed by atoms with Crippen molar-refractivity contribution in [3.05, 3.63) is 60.3 Å². The zero-order valence-corrected chi connectivity index (χ0v) is 21.1. The highest BCUT2D eigenvalue weighted by Crippen LogP contribution is 2.43. The number of hydrogen-bond acceptors (Lipinski definition) is 6. The number of amides is 1. The number of rotatable bonds is 5. The molecule has 0 aliphatic carbocycles. The molecule has 4 rings (SSSR count). The Hall–Kier alpha value is -3.72. The van der Waals surface area contributed by atoms with E-state index in [1.807, 2.05) is 18.2 Å². The van der Waals surface area contributed by atoms with Gasteiger partial charge in [-0.1, -0.05) is 32.9 Å². The first-order valence-corrected chi connectivity index (χ1v) is 12.9. The molecule has 182 valence electrons. The van der Waals surface area contributed by atoms with Crippen molar-refractivity contribution in [2.45, 2.75) is 32.6 Å². The molecule has 1 aliphatic rings. The highest BCUT2D eigenvalue weighted by molar-refractivity contribution is 7.92. The van der Waals surface area contributed by atoms with E-state index in [0.717, 1.165) is 17.4 Å². The van der Waals surface area contributed by atoms with E-state index < -0.39 is 10.0 Å². The minimum absolute atomic E-state index is 0.186. The molecule has 0 spiro atoms. The van der Waals surface area contributed by atoms with E-state index in [9.17, 15) is 18.0 Å². The van der Waals surface area contributed by atoms with Crippen molar-refractivity contribution in [2.24, 2.45) is 0 Å². The molecule has 35 heavy (non-hydrogen) atoms. The third kappa shape index (κ3) is 5.05. The molecule has 0 saturated carbocycles. The van der Waals surface area contributed by atoms with Gasteiger partial charge in [-0.25, -0.2) is 13.4 Å². The average molecular weight is 494 g/mol. The van der Waals surface area contributed by atoms with Crippen LogP contribution in [0.4, 0.5) is 11.4 Å². The Morgan fingerprint density at radius 3 is 2.31 bits per heavy atom. The van der Waals surface area contributed by atoms with Gasteiger partial charge in [-0.15, -0.1) is 0 Å². The molecule has 1 aliphatic heterocycles. The largest absolute Gasteiger partial charge is 0.494 e. The van der Waals surface area contributed by atoms with Crippen LogP contribution in [0.15, 0.2) is 54.7 Å². The van der Waals surface area contributed by atoms with Gasteiger partial charge in [0.15, 0.2) is 5.78 Å². The van der Waals surface area contributed by atoms with Crippen molar-refractivity contribution in [1.29, 1.82) is 0 Å². The molecule has 8 nitrogen and oxygen atoms in total. The van der Waals surface area contributed by atoms with Crippen molar-refractivity contribution >= 4 is 44.0 Å². The van der Waals surface area contributed by atoms with Crippen molar-refractivity contribution in [2.75, 3.05) is 23.0 Å². The van der Waals surface area contributed by atoms with Crippen LogP contribution in [0.25, 0.3) is 22.2 Å². The van der Waals surface area contributed by atoms with Crippen LogP contribution in [-0.4, -0.2) is 38.5 Å². The lowest BCUT2D eigenvalue weighted by atomic mass is 9.84. The number of ether oxygens (including phenoxy) is 1. The van der Waals surface area contributed by atoms with Gasteiger partial charge >= 0.3 is 0 Å². The molecule has 0 bridgehead atoms. The number of carbonyl (C=O) groups is 2. The molecule has 1 aromatic heterocycles. The third-order valence-corrected chi connectivity index (χ3v) is 6.28. The van der Waals surface area contributed by atoms with E-state index in [1.165, 1.54) is 17.2 Å². The van der Waals surface area contributed by atoms with Crippen LogP contribution in [0, 0.1) is 0 Å². The maximum Gasteiger partial charge on any atom is 0.238 e. The summed E-state index contributed by atoms with van der Waals surface area (Å²) >= 11 is 0. The smallest absolute Gasteiger partial charge is 0.238 e. The standard InChI is InChI=1S/C26H27N3O5S/c1-26(2,3)20-15-22(29-13-12-18(30)14-23(29)31)19-10-11-21(27-24(19)25(20)34-4)16-6-8-17(9-7-16)28-35(5,32)33/h6-13,15,28H,14H2,1-5H3. The second-order valence-corrected chi connectivity index (χ2v) is 11.2. The van der Waals surface area contributed by atoms with Gasteiger partial charge in [0.1, 0.15) is 11.3 Å². The number of sulfonamides is 1. The van der Waals surface area contributed by atoms with Crippen LogP contribution >= 0.6 is 0 Å². The lowest BCUT2D eigenvalue weighted by Crippen LogP contribution is -2.31. The van der Waals surface area contributed by atoms with E-state index in [1.54, 1.807) is 31.4 Å². The van der Waals surface area contributed by atoms with E-state index in [2.05, 4.69) is 25.5 Å². The first kappa shape index (κ1) is 24.4. The number of allylic oxidation sites excluding steroid dienone is 1. The molecule has 1 amide bonds. The molecular weight excluding hydrogens is 466 g/mol. The summed E-state index contributed by atoms with van der Waals surface area (Å²) in [4.78, 5) is 30.9. The molecule has 0 atom stereocenters. The molecule has 0 saturated heterocycles. The topological polar surface area (TPSA) is 106 Å². The predicted molar refractivity (Wildman–Crippen MR) is 137 cm³/mol. The van der Waals surface area contributed by atoms with Crippen LogP contribution in [0.2, 0.25) is 0 Å². The zero-order valence-electron chi connectivity index (χ0n) is 20.2. The van der Waals surface area contributed by atoms with Crippen LogP contribution in [0.5, 0.6) is 5.75 Å². The fraction of sp³-hybridized carbons (Fsp3) is 0.269. The number of nitrogens with one attached hydrogen (secondary N) is 1. The molecule has 0 radical (unpaired) electrons. The van der Waals surface area contributed by atoms with E-state index in [4.69, 9.17) is 9.72 Å².